The van der Waals surface area contributed by atoms with E-state index in [0.29, 0.717) is 6.61 Å². The van der Waals surface area contributed by atoms with Gasteiger partial charge in [-0.2, -0.15) is 0 Å². The van der Waals surface area contributed by atoms with Crippen molar-refractivity contribution < 1.29 is 9.53 Å². The number of allylic oxidation sites excluding steroid dienone is 2. The molecule has 15 heavy (non-hydrogen) atoms. The van der Waals surface area contributed by atoms with Gasteiger partial charge in [0.05, 0.1) is 6.61 Å². The molecule has 1 heterocycles. The number of hydrogen-bond acceptors (Lipinski definition) is 4. The molecule has 0 amide bonds. The molecule has 1 atom stereocenters. The standard InChI is InChI=1S/C11H16N2O2/c1-2-15-11(14)10-7-8-5-3-4-6-9(8)12-13-10/h4,6,10,12-13H,2-3,5,7H2,1H3. The summed E-state index contributed by atoms with van der Waals surface area (Å²) in [5.41, 5.74) is 8.45. The summed E-state index contributed by atoms with van der Waals surface area (Å²) < 4.78 is 4.98. The molecule has 0 bridgehead atoms. The highest BCUT2D eigenvalue weighted by atomic mass is 16.5. The van der Waals surface area contributed by atoms with Crippen LogP contribution in [-0.2, 0) is 9.53 Å². The van der Waals surface area contributed by atoms with Crippen molar-refractivity contribution in [2.75, 3.05) is 6.61 Å². The molecule has 0 radical (unpaired) electrons. The highest BCUT2D eigenvalue weighted by Crippen LogP contribution is 2.24. The first-order chi connectivity index (χ1) is 7.31. The number of carbonyl (C=O) groups is 1. The Labute approximate surface area is 89.3 Å². The van der Waals surface area contributed by atoms with Crippen molar-refractivity contribution >= 4 is 5.97 Å². The molecule has 0 aromatic rings. The lowest BCUT2D eigenvalue weighted by Gasteiger charge is -2.28. The monoisotopic (exact) mass is 208 g/mol. The number of rotatable bonds is 2. The Morgan fingerprint density at radius 1 is 1.67 bits per heavy atom. The van der Waals surface area contributed by atoms with Crippen LogP contribution in [0.3, 0.4) is 0 Å². The van der Waals surface area contributed by atoms with E-state index in [1.807, 2.05) is 6.92 Å². The third kappa shape index (κ3) is 2.21. The van der Waals surface area contributed by atoms with E-state index >= 15 is 0 Å². The first kappa shape index (κ1) is 10.2. The number of hydrazine groups is 1. The molecule has 4 heteroatoms. The lowest BCUT2D eigenvalue weighted by molar-refractivity contribution is -0.146. The molecule has 0 fully saturated rings. The molecule has 0 spiro atoms. The van der Waals surface area contributed by atoms with Gasteiger partial charge in [0.15, 0.2) is 0 Å². The maximum Gasteiger partial charge on any atom is 0.325 e. The van der Waals surface area contributed by atoms with Gasteiger partial charge in [0.2, 0.25) is 0 Å². The van der Waals surface area contributed by atoms with Gasteiger partial charge < -0.3 is 10.2 Å². The second kappa shape index (κ2) is 4.49. The van der Waals surface area contributed by atoms with Crippen LogP contribution in [0.15, 0.2) is 23.4 Å². The number of ether oxygens (including phenoxy) is 1. The van der Waals surface area contributed by atoms with E-state index in [2.05, 4.69) is 23.0 Å². The van der Waals surface area contributed by atoms with Gasteiger partial charge in [0.1, 0.15) is 6.04 Å². The zero-order valence-electron chi connectivity index (χ0n) is 8.88. The topological polar surface area (TPSA) is 50.4 Å². The SMILES string of the molecule is CCOC(=O)C1CC2=C(C=CCC2)NN1. The van der Waals surface area contributed by atoms with Gasteiger partial charge in [-0.3, -0.25) is 4.79 Å². The van der Waals surface area contributed by atoms with E-state index in [-0.39, 0.29) is 12.0 Å². The maximum absolute atomic E-state index is 11.5. The van der Waals surface area contributed by atoms with Gasteiger partial charge in [0.25, 0.3) is 0 Å². The predicted molar refractivity (Wildman–Crippen MR) is 56.7 cm³/mol. The smallest absolute Gasteiger partial charge is 0.325 e. The van der Waals surface area contributed by atoms with Gasteiger partial charge in [-0.25, -0.2) is 5.43 Å². The second-order valence-electron chi connectivity index (χ2n) is 3.74. The number of esters is 1. The van der Waals surface area contributed by atoms with Crippen LogP contribution in [0.1, 0.15) is 26.2 Å². The quantitative estimate of drug-likeness (QED) is 0.665. The molecule has 4 nitrogen and oxygen atoms in total. The molecule has 0 saturated carbocycles. The maximum atomic E-state index is 11.5. The van der Waals surface area contributed by atoms with Gasteiger partial charge in [-0.15, -0.1) is 0 Å². The average Bonchev–Trinajstić information content (AvgIpc) is 2.29. The molecule has 1 aliphatic heterocycles. The van der Waals surface area contributed by atoms with Crippen LogP contribution in [-0.4, -0.2) is 18.6 Å². The van der Waals surface area contributed by atoms with Crippen molar-refractivity contribution in [1.29, 1.82) is 0 Å². The highest BCUT2D eigenvalue weighted by molar-refractivity contribution is 5.76. The minimum atomic E-state index is -0.241. The zero-order chi connectivity index (χ0) is 10.7. The molecule has 2 aliphatic rings. The third-order valence-corrected chi connectivity index (χ3v) is 2.68. The Hall–Kier alpha value is -1.29. The molecule has 2 rings (SSSR count). The molecule has 0 aromatic heterocycles. The Bertz CT molecular complexity index is 321. The van der Waals surface area contributed by atoms with E-state index < -0.39 is 0 Å². The van der Waals surface area contributed by atoms with Crippen molar-refractivity contribution in [3.05, 3.63) is 23.4 Å². The Balaban J connectivity index is 2.01. The Morgan fingerprint density at radius 3 is 3.33 bits per heavy atom. The molecule has 1 aliphatic carbocycles. The highest BCUT2D eigenvalue weighted by Gasteiger charge is 2.26. The average molecular weight is 208 g/mol. The van der Waals surface area contributed by atoms with Crippen molar-refractivity contribution in [2.45, 2.75) is 32.2 Å². The molecule has 1 unspecified atom stereocenters. The van der Waals surface area contributed by atoms with E-state index in [1.54, 1.807) is 0 Å². The molecular weight excluding hydrogens is 192 g/mol. The number of carbonyl (C=O) groups excluding carboxylic acids is 1. The van der Waals surface area contributed by atoms with Crippen LogP contribution in [0.25, 0.3) is 0 Å². The molecular formula is C11H16N2O2. The minimum Gasteiger partial charge on any atom is -0.465 e. The summed E-state index contributed by atoms with van der Waals surface area (Å²) in [5.74, 6) is -0.175. The lowest BCUT2D eigenvalue weighted by Crippen LogP contribution is -2.49. The second-order valence-corrected chi connectivity index (χ2v) is 3.74. The van der Waals surface area contributed by atoms with Crippen LogP contribution in [0.5, 0.6) is 0 Å². The fraction of sp³-hybridized carbons (Fsp3) is 0.545. The third-order valence-electron chi connectivity index (χ3n) is 2.68. The minimum absolute atomic E-state index is 0.175. The van der Waals surface area contributed by atoms with Crippen molar-refractivity contribution in [2.24, 2.45) is 0 Å². The van der Waals surface area contributed by atoms with Gasteiger partial charge in [-0.05, 0) is 37.8 Å². The van der Waals surface area contributed by atoms with Crippen LogP contribution >= 0.6 is 0 Å². The normalized spacial score (nSPS) is 24.5. The fourth-order valence-electron chi connectivity index (χ4n) is 1.90. The van der Waals surface area contributed by atoms with Crippen LogP contribution in [0.2, 0.25) is 0 Å². The zero-order valence-corrected chi connectivity index (χ0v) is 8.88. The lowest BCUT2D eigenvalue weighted by atomic mass is 9.94. The summed E-state index contributed by atoms with van der Waals surface area (Å²) in [4.78, 5) is 11.5. The van der Waals surface area contributed by atoms with E-state index in [0.717, 1.165) is 25.0 Å². The van der Waals surface area contributed by atoms with E-state index in [9.17, 15) is 4.79 Å². The predicted octanol–water partition coefficient (Wildman–Crippen LogP) is 1.02. The summed E-state index contributed by atoms with van der Waals surface area (Å²) in [6.07, 6.45) is 7.06. The Kier molecular flexibility index (Phi) is 3.06. The largest absolute Gasteiger partial charge is 0.465 e. The summed E-state index contributed by atoms with van der Waals surface area (Å²) in [5, 5.41) is 0. The number of hydrogen-bond donors (Lipinski definition) is 2. The van der Waals surface area contributed by atoms with Crippen LogP contribution in [0.4, 0.5) is 0 Å². The first-order valence-corrected chi connectivity index (χ1v) is 5.38. The molecule has 0 aromatic carbocycles. The first-order valence-electron chi connectivity index (χ1n) is 5.38. The fourth-order valence-corrected chi connectivity index (χ4v) is 1.90. The van der Waals surface area contributed by atoms with Gasteiger partial charge >= 0.3 is 5.97 Å². The number of nitrogens with one attached hydrogen (secondary N) is 2. The van der Waals surface area contributed by atoms with Gasteiger partial charge in [-0.1, -0.05) is 6.08 Å². The van der Waals surface area contributed by atoms with E-state index in [4.69, 9.17) is 4.74 Å². The molecule has 2 N–H and O–H groups in total. The summed E-state index contributed by atoms with van der Waals surface area (Å²) >= 11 is 0. The van der Waals surface area contributed by atoms with Crippen molar-refractivity contribution in [3.8, 4) is 0 Å². The van der Waals surface area contributed by atoms with Crippen LogP contribution in [0, 0.1) is 0 Å². The summed E-state index contributed by atoms with van der Waals surface area (Å²) in [6, 6.07) is -0.241. The Morgan fingerprint density at radius 2 is 2.53 bits per heavy atom. The van der Waals surface area contributed by atoms with Gasteiger partial charge in [0, 0.05) is 5.70 Å². The van der Waals surface area contributed by atoms with Crippen molar-refractivity contribution in [3.63, 3.8) is 0 Å². The molecule has 0 saturated heterocycles. The van der Waals surface area contributed by atoms with E-state index in [1.165, 1.54) is 5.57 Å². The summed E-state index contributed by atoms with van der Waals surface area (Å²) in [6.45, 7) is 2.25. The molecule has 82 valence electrons. The van der Waals surface area contributed by atoms with Crippen LogP contribution < -0.4 is 10.9 Å². The van der Waals surface area contributed by atoms with Crippen molar-refractivity contribution in [1.82, 2.24) is 10.9 Å². The summed E-state index contributed by atoms with van der Waals surface area (Å²) in [7, 11) is 0.